The number of rotatable bonds is 5. The molecule has 1 heterocycles. The Morgan fingerprint density at radius 1 is 1.33 bits per heavy atom. The minimum atomic E-state index is -1.70. The molecule has 0 spiro atoms. The predicted octanol–water partition coefficient (Wildman–Crippen LogP) is 2.62. The summed E-state index contributed by atoms with van der Waals surface area (Å²) in [6.45, 7) is 7.91. The molecule has 1 unspecified atom stereocenters. The van der Waals surface area contributed by atoms with E-state index in [9.17, 15) is 14.7 Å². The van der Waals surface area contributed by atoms with Crippen molar-refractivity contribution in [2.24, 2.45) is 0 Å². The lowest BCUT2D eigenvalue weighted by atomic mass is 9.88. The molecule has 0 bridgehead atoms. The van der Waals surface area contributed by atoms with Crippen molar-refractivity contribution in [2.45, 2.75) is 52.6 Å². The third-order valence-electron chi connectivity index (χ3n) is 4.00. The Hall–Kier alpha value is -1.68. The van der Waals surface area contributed by atoms with E-state index < -0.39 is 5.60 Å². The molecule has 1 aliphatic heterocycles. The van der Waals surface area contributed by atoms with Crippen molar-refractivity contribution in [1.29, 1.82) is 0 Å². The third kappa shape index (κ3) is 2.60. The van der Waals surface area contributed by atoms with E-state index in [-0.39, 0.29) is 18.1 Å². The van der Waals surface area contributed by atoms with Crippen LogP contribution in [0.15, 0.2) is 12.1 Å². The zero-order valence-corrected chi connectivity index (χ0v) is 13.2. The molecular formula is C17H23NO3. The second-order valence-electron chi connectivity index (χ2n) is 6.03. The first-order valence-corrected chi connectivity index (χ1v) is 7.46. The van der Waals surface area contributed by atoms with Crippen LogP contribution >= 0.6 is 0 Å². The van der Waals surface area contributed by atoms with Gasteiger partial charge >= 0.3 is 0 Å². The minimum Gasteiger partial charge on any atom is -0.375 e. The Kier molecular flexibility index (Phi) is 4.19. The van der Waals surface area contributed by atoms with Crippen LogP contribution in [0.5, 0.6) is 0 Å². The first kappa shape index (κ1) is 15.7. The van der Waals surface area contributed by atoms with Gasteiger partial charge in [-0.25, -0.2) is 0 Å². The van der Waals surface area contributed by atoms with Gasteiger partial charge in [0.2, 0.25) is 0 Å². The van der Waals surface area contributed by atoms with Gasteiger partial charge in [-0.2, -0.15) is 0 Å². The minimum absolute atomic E-state index is 0.162. The average Bonchev–Trinajstić information content (AvgIpc) is 2.57. The number of fused-ring (bicyclic) bond motifs is 1. The second kappa shape index (κ2) is 5.60. The van der Waals surface area contributed by atoms with E-state index in [1.54, 1.807) is 4.90 Å². The summed E-state index contributed by atoms with van der Waals surface area (Å²) < 4.78 is 0. The highest BCUT2D eigenvalue weighted by atomic mass is 16.3. The standard InChI is InChI=1S/C17H23NO3/c1-5-6-7-18-15-12(3)8-11(2)9-14(15)17(21,16(18)20)10-13(4)19/h8-9,21H,5-7,10H2,1-4H3. The molecule has 1 aromatic rings. The molecule has 1 amide bonds. The molecule has 4 heteroatoms. The molecule has 0 radical (unpaired) electrons. The summed E-state index contributed by atoms with van der Waals surface area (Å²) in [5.41, 5.74) is 1.61. The van der Waals surface area contributed by atoms with Crippen LogP contribution in [0.4, 0.5) is 5.69 Å². The number of aliphatic hydroxyl groups is 1. The van der Waals surface area contributed by atoms with Crippen molar-refractivity contribution in [2.75, 3.05) is 11.4 Å². The van der Waals surface area contributed by atoms with Gasteiger partial charge in [-0.05, 0) is 32.8 Å². The fourth-order valence-corrected chi connectivity index (χ4v) is 3.13. The SMILES string of the molecule is CCCCN1C(=O)C(O)(CC(C)=O)c2cc(C)cc(C)c21. The number of nitrogens with zero attached hydrogens (tertiary/aromatic N) is 1. The maximum atomic E-state index is 12.7. The maximum Gasteiger partial charge on any atom is 0.264 e. The van der Waals surface area contributed by atoms with E-state index in [1.807, 2.05) is 26.0 Å². The topological polar surface area (TPSA) is 57.6 Å². The average molecular weight is 289 g/mol. The summed E-state index contributed by atoms with van der Waals surface area (Å²) in [7, 11) is 0. The van der Waals surface area contributed by atoms with E-state index in [0.717, 1.165) is 29.7 Å². The normalized spacial score (nSPS) is 20.8. The lowest BCUT2D eigenvalue weighted by Crippen LogP contribution is -2.42. The van der Waals surface area contributed by atoms with Crippen LogP contribution in [-0.4, -0.2) is 23.3 Å². The molecule has 0 saturated carbocycles. The van der Waals surface area contributed by atoms with Crippen molar-refractivity contribution >= 4 is 17.4 Å². The number of unbranched alkanes of at least 4 members (excludes halogenated alkanes) is 1. The van der Waals surface area contributed by atoms with Crippen molar-refractivity contribution in [3.05, 3.63) is 28.8 Å². The monoisotopic (exact) mass is 289 g/mol. The number of aryl methyl sites for hydroxylation is 2. The summed E-state index contributed by atoms with van der Waals surface area (Å²) in [6.07, 6.45) is 1.67. The Bertz CT molecular complexity index is 594. The van der Waals surface area contributed by atoms with E-state index in [1.165, 1.54) is 6.92 Å². The Morgan fingerprint density at radius 2 is 2.00 bits per heavy atom. The number of carbonyl (C=O) groups is 2. The molecular weight excluding hydrogens is 266 g/mol. The van der Waals surface area contributed by atoms with E-state index in [4.69, 9.17) is 0 Å². The van der Waals surface area contributed by atoms with Crippen LogP contribution in [0.1, 0.15) is 49.8 Å². The van der Waals surface area contributed by atoms with Gasteiger partial charge in [-0.1, -0.05) is 31.0 Å². The summed E-state index contributed by atoms with van der Waals surface area (Å²) in [6, 6.07) is 3.83. The smallest absolute Gasteiger partial charge is 0.264 e. The predicted molar refractivity (Wildman–Crippen MR) is 82.4 cm³/mol. The molecule has 0 fully saturated rings. The van der Waals surface area contributed by atoms with Crippen LogP contribution in [0, 0.1) is 13.8 Å². The largest absolute Gasteiger partial charge is 0.375 e. The molecule has 21 heavy (non-hydrogen) atoms. The van der Waals surface area contributed by atoms with Gasteiger partial charge in [0.25, 0.3) is 5.91 Å². The molecule has 1 N–H and O–H groups in total. The molecule has 114 valence electrons. The van der Waals surface area contributed by atoms with E-state index >= 15 is 0 Å². The van der Waals surface area contributed by atoms with Crippen molar-refractivity contribution < 1.29 is 14.7 Å². The molecule has 1 aromatic carbocycles. The quantitative estimate of drug-likeness (QED) is 0.906. The first-order chi connectivity index (χ1) is 9.81. The first-order valence-electron chi connectivity index (χ1n) is 7.46. The highest BCUT2D eigenvalue weighted by molar-refractivity contribution is 6.09. The highest BCUT2D eigenvalue weighted by Crippen LogP contribution is 2.45. The number of amides is 1. The van der Waals surface area contributed by atoms with Crippen molar-refractivity contribution in [3.8, 4) is 0 Å². The van der Waals surface area contributed by atoms with Crippen LogP contribution in [0.3, 0.4) is 0 Å². The van der Waals surface area contributed by atoms with E-state index in [2.05, 4.69) is 6.92 Å². The third-order valence-corrected chi connectivity index (χ3v) is 4.00. The Morgan fingerprint density at radius 3 is 2.57 bits per heavy atom. The number of benzene rings is 1. The number of ketones is 1. The highest BCUT2D eigenvalue weighted by Gasteiger charge is 2.50. The molecule has 1 atom stereocenters. The van der Waals surface area contributed by atoms with Gasteiger partial charge in [0, 0.05) is 18.5 Å². The fourth-order valence-electron chi connectivity index (χ4n) is 3.13. The van der Waals surface area contributed by atoms with Gasteiger partial charge < -0.3 is 10.0 Å². The molecule has 0 aliphatic carbocycles. The van der Waals surface area contributed by atoms with Gasteiger partial charge in [-0.3, -0.25) is 9.59 Å². The Balaban J connectivity index is 2.58. The lowest BCUT2D eigenvalue weighted by Gasteiger charge is -2.22. The summed E-state index contributed by atoms with van der Waals surface area (Å²) in [5.74, 6) is -0.553. The lowest BCUT2D eigenvalue weighted by molar-refractivity contribution is -0.141. The van der Waals surface area contributed by atoms with Crippen molar-refractivity contribution in [1.82, 2.24) is 0 Å². The summed E-state index contributed by atoms with van der Waals surface area (Å²) in [4.78, 5) is 25.9. The molecule has 1 aliphatic rings. The van der Waals surface area contributed by atoms with E-state index in [0.29, 0.717) is 12.1 Å². The molecule has 4 nitrogen and oxygen atoms in total. The van der Waals surface area contributed by atoms with Gasteiger partial charge in [0.15, 0.2) is 5.60 Å². The number of carbonyl (C=O) groups excluding carboxylic acids is 2. The number of hydrogen-bond acceptors (Lipinski definition) is 3. The van der Waals surface area contributed by atoms with Crippen molar-refractivity contribution in [3.63, 3.8) is 0 Å². The zero-order chi connectivity index (χ0) is 15.8. The van der Waals surface area contributed by atoms with Gasteiger partial charge in [-0.15, -0.1) is 0 Å². The van der Waals surface area contributed by atoms with Crippen LogP contribution in [0.25, 0.3) is 0 Å². The molecule has 0 saturated heterocycles. The zero-order valence-electron chi connectivity index (χ0n) is 13.2. The van der Waals surface area contributed by atoms with Gasteiger partial charge in [0.1, 0.15) is 5.78 Å². The number of hydrogen-bond donors (Lipinski definition) is 1. The van der Waals surface area contributed by atoms with Crippen LogP contribution in [-0.2, 0) is 15.2 Å². The number of Topliss-reactive ketones (excluding diaryl/α,β-unsaturated/α-hetero) is 1. The molecule has 2 rings (SSSR count). The number of anilines is 1. The maximum absolute atomic E-state index is 12.7. The molecule has 0 aromatic heterocycles. The van der Waals surface area contributed by atoms with Crippen LogP contribution < -0.4 is 4.90 Å². The van der Waals surface area contributed by atoms with Crippen LogP contribution in [0.2, 0.25) is 0 Å². The van der Waals surface area contributed by atoms with Gasteiger partial charge in [0.05, 0.1) is 5.69 Å². The summed E-state index contributed by atoms with van der Waals surface area (Å²) in [5, 5.41) is 10.9. The summed E-state index contributed by atoms with van der Waals surface area (Å²) >= 11 is 0. The second-order valence-corrected chi connectivity index (χ2v) is 6.03. The fraction of sp³-hybridized carbons (Fsp3) is 0.529. The Labute approximate surface area is 125 Å².